The van der Waals surface area contributed by atoms with Crippen molar-refractivity contribution in [1.29, 1.82) is 0 Å². The van der Waals surface area contributed by atoms with Gasteiger partial charge in [0.2, 0.25) is 0 Å². The number of hydrogen-bond donors (Lipinski definition) is 1. The van der Waals surface area contributed by atoms with E-state index < -0.39 is 11.9 Å². The van der Waals surface area contributed by atoms with Crippen molar-refractivity contribution in [2.75, 3.05) is 5.32 Å². The first kappa shape index (κ1) is 19.4. The minimum absolute atomic E-state index is 0.0547. The van der Waals surface area contributed by atoms with Crippen molar-refractivity contribution in [2.24, 2.45) is 0 Å². The summed E-state index contributed by atoms with van der Waals surface area (Å²) < 4.78 is 20.3. The zero-order valence-corrected chi connectivity index (χ0v) is 16.5. The second kappa shape index (κ2) is 8.00. The van der Waals surface area contributed by atoms with E-state index in [4.69, 9.17) is 4.74 Å². The first-order valence-electron chi connectivity index (χ1n) is 8.24. The topological polar surface area (TPSA) is 38.3 Å². The number of anilines is 1. The lowest BCUT2D eigenvalue weighted by Gasteiger charge is -2.21. The largest absolute Gasteiger partial charge is 0.481 e. The third-order valence-electron chi connectivity index (χ3n) is 3.85. The van der Waals surface area contributed by atoms with E-state index in [9.17, 15) is 9.18 Å². The fourth-order valence-corrected chi connectivity index (χ4v) is 2.66. The van der Waals surface area contributed by atoms with Crippen LogP contribution < -0.4 is 10.1 Å². The summed E-state index contributed by atoms with van der Waals surface area (Å²) in [5.74, 6) is -0.248. The van der Waals surface area contributed by atoms with Crippen LogP contribution in [0.15, 0.2) is 46.9 Å². The Morgan fingerprint density at radius 3 is 2.36 bits per heavy atom. The minimum Gasteiger partial charge on any atom is -0.481 e. The average Bonchev–Trinajstić information content (AvgIpc) is 2.54. The molecule has 0 aliphatic rings. The van der Waals surface area contributed by atoms with Crippen molar-refractivity contribution >= 4 is 27.5 Å². The molecule has 0 aliphatic heterocycles. The van der Waals surface area contributed by atoms with Crippen LogP contribution in [-0.4, -0.2) is 12.0 Å². The lowest BCUT2D eigenvalue weighted by Crippen LogP contribution is -2.32. The summed E-state index contributed by atoms with van der Waals surface area (Å²) in [6, 6.07) is 12.2. The summed E-state index contributed by atoms with van der Waals surface area (Å²) in [7, 11) is 0. The number of carbonyl (C=O) groups is 1. The van der Waals surface area contributed by atoms with Crippen molar-refractivity contribution in [2.45, 2.75) is 45.6 Å². The molecule has 3 nitrogen and oxygen atoms in total. The van der Waals surface area contributed by atoms with E-state index in [1.807, 2.05) is 31.2 Å². The first-order chi connectivity index (χ1) is 11.7. The molecule has 1 unspecified atom stereocenters. The maximum atomic E-state index is 13.9. The molecule has 1 atom stereocenters. The average molecular weight is 408 g/mol. The molecule has 1 amide bonds. The lowest BCUT2D eigenvalue weighted by molar-refractivity contribution is -0.122. The van der Waals surface area contributed by atoms with Gasteiger partial charge in [-0.1, -0.05) is 55.8 Å². The third kappa shape index (κ3) is 5.30. The Bertz CT molecular complexity index is 738. The highest BCUT2D eigenvalue weighted by molar-refractivity contribution is 9.10. The number of halogens is 2. The Hall–Kier alpha value is -1.88. The van der Waals surface area contributed by atoms with E-state index in [0.29, 0.717) is 16.6 Å². The van der Waals surface area contributed by atoms with Crippen molar-refractivity contribution in [1.82, 2.24) is 0 Å². The molecule has 1 N–H and O–H groups in total. The number of amides is 1. The number of carbonyl (C=O) groups excluding carboxylic acids is 1. The number of rotatable bonds is 5. The molecule has 0 fully saturated rings. The van der Waals surface area contributed by atoms with Gasteiger partial charge in [-0.15, -0.1) is 0 Å². The number of hydrogen-bond acceptors (Lipinski definition) is 2. The van der Waals surface area contributed by atoms with Gasteiger partial charge in [-0.25, -0.2) is 4.39 Å². The molecule has 0 saturated heterocycles. The molecular formula is C20H23BrFNO2. The van der Waals surface area contributed by atoms with Gasteiger partial charge in [0.15, 0.2) is 6.10 Å². The van der Waals surface area contributed by atoms with Gasteiger partial charge < -0.3 is 10.1 Å². The van der Waals surface area contributed by atoms with Crippen LogP contribution in [-0.2, 0) is 10.2 Å². The smallest absolute Gasteiger partial charge is 0.265 e. The summed E-state index contributed by atoms with van der Waals surface area (Å²) in [5, 5.41) is 2.58. The number of nitrogens with one attached hydrogen (secondary N) is 1. The van der Waals surface area contributed by atoms with Crippen LogP contribution >= 0.6 is 15.9 Å². The molecule has 0 saturated carbocycles. The monoisotopic (exact) mass is 407 g/mol. The zero-order chi connectivity index (χ0) is 18.6. The molecule has 0 radical (unpaired) electrons. The van der Waals surface area contributed by atoms with Crippen LogP contribution in [0, 0.1) is 5.82 Å². The van der Waals surface area contributed by atoms with Gasteiger partial charge in [-0.2, -0.15) is 0 Å². The molecule has 2 aromatic rings. The number of ether oxygens (including phenoxy) is 1. The molecular weight excluding hydrogens is 385 g/mol. The molecule has 0 aromatic heterocycles. The summed E-state index contributed by atoms with van der Waals surface area (Å²) in [6.45, 7) is 8.26. The fourth-order valence-electron chi connectivity index (χ4n) is 2.32. The van der Waals surface area contributed by atoms with E-state index in [0.717, 1.165) is 0 Å². The van der Waals surface area contributed by atoms with E-state index in [1.54, 1.807) is 6.07 Å². The van der Waals surface area contributed by atoms with Crippen LogP contribution in [0.25, 0.3) is 0 Å². The first-order valence-corrected chi connectivity index (χ1v) is 9.03. The summed E-state index contributed by atoms with van der Waals surface area (Å²) in [6.07, 6.45) is -0.214. The van der Waals surface area contributed by atoms with E-state index >= 15 is 0 Å². The molecule has 25 heavy (non-hydrogen) atoms. The summed E-state index contributed by atoms with van der Waals surface area (Å²) >= 11 is 3.19. The molecule has 0 aliphatic carbocycles. The Morgan fingerprint density at radius 2 is 1.84 bits per heavy atom. The van der Waals surface area contributed by atoms with Gasteiger partial charge in [0.25, 0.3) is 5.91 Å². The highest BCUT2D eigenvalue weighted by Gasteiger charge is 2.20. The van der Waals surface area contributed by atoms with E-state index in [-0.39, 0.29) is 17.0 Å². The van der Waals surface area contributed by atoms with Crippen LogP contribution in [0.3, 0.4) is 0 Å². The predicted molar refractivity (Wildman–Crippen MR) is 103 cm³/mol. The highest BCUT2D eigenvalue weighted by atomic mass is 79.9. The number of benzene rings is 2. The SMILES string of the molecule is CCC(Oc1ccc(C(C)(C)C)cc1)C(=O)Nc1ccc(Br)cc1F. The van der Waals surface area contributed by atoms with E-state index in [1.165, 1.54) is 17.7 Å². The highest BCUT2D eigenvalue weighted by Crippen LogP contribution is 2.25. The van der Waals surface area contributed by atoms with Crippen LogP contribution in [0.5, 0.6) is 5.75 Å². The third-order valence-corrected chi connectivity index (χ3v) is 4.34. The Kier molecular flexibility index (Phi) is 6.22. The molecule has 2 aromatic carbocycles. The Morgan fingerprint density at radius 1 is 1.20 bits per heavy atom. The molecule has 2 rings (SSSR count). The van der Waals surface area contributed by atoms with Crippen molar-refractivity contribution in [3.8, 4) is 5.75 Å². The molecule has 0 spiro atoms. The molecule has 0 bridgehead atoms. The Labute approximate surface area is 156 Å². The second-order valence-corrected chi connectivity index (χ2v) is 7.82. The maximum absolute atomic E-state index is 13.9. The van der Waals surface area contributed by atoms with Gasteiger partial charge in [0, 0.05) is 4.47 Å². The van der Waals surface area contributed by atoms with Crippen molar-refractivity contribution in [3.63, 3.8) is 0 Å². The Balaban J connectivity index is 2.07. The van der Waals surface area contributed by atoms with Crippen LogP contribution in [0.4, 0.5) is 10.1 Å². The quantitative estimate of drug-likeness (QED) is 0.691. The van der Waals surface area contributed by atoms with Gasteiger partial charge in [-0.05, 0) is 47.7 Å². The van der Waals surface area contributed by atoms with Crippen molar-refractivity contribution < 1.29 is 13.9 Å². The zero-order valence-electron chi connectivity index (χ0n) is 14.9. The predicted octanol–water partition coefficient (Wildman–Crippen LogP) is 5.68. The molecule has 5 heteroatoms. The minimum atomic E-state index is -0.691. The lowest BCUT2D eigenvalue weighted by atomic mass is 9.87. The van der Waals surface area contributed by atoms with Gasteiger partial charge in [-0.3, -0.25) is 4.79 Å². The van der Waals surface area contributed by atoms with Gasteiger partial charge >= 0.3 is 0 Å². The maximum Gasteiger partial charge on any atom is 0.265 e. The molecule has 134 valence electrons. The van der Waals surface area contributed by atoms with Crippen LogP contribution in [0.2, 0.25) is 0 Å². The van der Waals surface area contributed by atoms with Crippen LogP contribution in [0.1, 0.15) is 39.7 Å². The summed E-state index contributed by atoms with van der Waals surface area (Å²) in [5.41, 5.74) is 1.38. The van der Waals surface area contributed by atoms with E-state index in [2.05, 4.69) is 42.0 Å². The molecule has 0 heterocycles. The second-order valence-electron chi connectivity index (χ2n) is 6.90. The standard InChI is InChI=1S/C20H23BrFNO2/c1-5-18(19(24)23-17-11-8-14(21)12-16(17)22)25-15-9-6-13(7-10-15)20(2,3)4/h6-12,18H,5H2,1-4H3,(H,23,24). The summed E-state index contributed by atoms with van der Waals surface area (Å²) in [4.78, 5) is 12.4. The fraction of sp³-hybridized carbons (Fsp3) is 0.350. The van der Waals surface area contributed by atoms with Gasteiger partial charge in [0.05, 0.1) is 5.69 Å². The van der Waals surface area contributed by atoms with Gasteiger partial charge in [0.1, 0.15) is 11.6 Å². The normalized spacial score (nSPS) is 12.6. The van der Waals surface area contributed by atoms with Crippen molar-refractivity contribution in [3.05, 3.63) is 58.3 Å².